The minimum Gasteiger partial charge on any atom is -0.192 e. The third kappa shape index (κ3) is 5.21. The largest absolute Gasteiger partial charge is 0.192 e. The van der Waals surface area contributed by atoms with Crippen molar-refractivity contribution in [1.29, 1.82) is 10.5 Å². The second kappa shape index (κ2) is 10.4. The predicted molar refractivity (Wildman–Crippen MR) is 107 cm³/mol. The topological polar surface area (TPSA) is 47.6 Å². The molecule has 0 bridgehead atoms. The van der Waals surface area contributed by atoms with Gasteiger partial charge in [0.1, 0.15) is 12.1 Å². The normalized spacial score (nSPS) is 10.3. The minimum absolute atomic E-state index is 0.564. The molecule has 0 amide bonds. The highest BCUT2D eigenvalue weighted by atomic mass is 14.3. The summed E-state index contributed by atoms with van der Waals surface area (Å²) in [5, 5.41) is 19.0. The molecule has 2 aromatic rings. The lowest BCUT2D eigenvalue weighted by atomic mass is 9.92. The molecule has 0 spiro atoms. The van der Waals surface area contributed by atoms with Crippen LogP contribution in [0, 0.1) is 22.7 Å². The van der Waals surface area contributed by atoms with Crippen LogP contribution in [0.3, 0.4) is 0 Å². The Hall–Kier alpha value is -2.58. The number of unbranched alkanes of at least 4 members (excludes halogenated alkanes) is 2. The monoisotopic (exact) mass is 344 g/mol. The molecule has 0 aliphatic rings. The molecule has 0 aromatic heterocycles. The van der Waals surface area contributed by atoms with Gasteiger partial charge in [-0.25, -0.2) is 0 Å². The Morgan fingerprint density at radius 3 is 1.65 bits per heavy atom. The molecule has 0 unspecified atom stereocenters. The summed E-state index contributed by atoms with van der Waals surface area (Å²) in [6.07, 6.45) is 8.44. The van der Waals surface area contributed by atoms with Gasteiger partial charge in [0.05, 0.1) is 11.1 Å². The van der Waals surface area contributed by atoms with Crippen LogP contribution in [-0.2, 0) is 25.7 Å². The van der Waals surface area contributed by atoms with E-state index in [1.165, 1.54) is 30.4 Å². The van der Waals surface area contributed by atoms with Crippen molar-refractivity contribution in [2.24, 2.45) is 0 Å². The molecule has 0 aliphatic heterocycles. The van der Waals surface area contributed by atoms with Gasteiger partial charge in [0.15, 0.2) is 0 Å². The van der Waals surface area contributed by atoms with Gasteiger partial charge in [-0.3, -0.25) is 0 Å². The molecule has 0 fully saturated rings. The molecule has 134 valence electrons. The molecule has 0 N–H and O–H groups in total. The SMILES string of the molecule is CCCCCc1ccc(CCc2ccc(CCC)c(C#N)c2C#N)cc1. The summed E-state index contributed by atoms with van der Waals surface area (Å²) in [4.78, 5) is 0. The van der Waals surface area contributed by atoms with Crippen LogP contribution >= 0.6 is 0 Å². The van der Waals surface area contributed by atoms with Gasteiger partial charge in [0, 0.05) is 0 Å². The Morgan fingerprint density at radius 2 is 1.15 bits per heavy atom. The fourth-order valence-corrected chi connectivity index (χ4v) is 3.36. The fraction of sp³-hybridized carbons (Fsp3) is 0.417. The average molecular weight is 345 g/mol. The average Bonchev–Trinajstić information content (AvgIpc) is 2.67. The smallest absolute Gasteiger partial charge is 0.101 e. The molecule has 2 aromatic carbocycles. The summed E-state index contributed by atoms with van der Waals surface area (Å²) in [5.41, 5.74) is 5.79. The van der Waals surface area contributed by atoms with Crippen LogP contribution in [0.25, 0.3) is 0 Å². The third-order valence-corrected chi connectivity index (χ3v) is 4.90. The lowest BCUT2D eigenvalue weighted by Gasteiger charge is -2.10. The molecular formula is C24H28N2. The first-order valence-electron chi connectivity index (χ1n) is 9.76. The minimum atomic E-state index is 0.564. The van der Waals surface area contributed by atoms with E-state index in [0.717, 1.165) is 43.2 Å². The first kappa shape index (κ1) is 19.7. The summed E-state index contributed by atoms with van der Waals surface area (Å²) in [6.45, 7) is 4.32. The van der Waals surface area contributed by atoms with Crippen LogP contribution < -0.4 is 0 Å². The highest BCUT2D eigenvalue weighted by molar-refractivity contribution is 5.55. The van der Waals surface area contributed by atoms with Gasteiger partial charge < -0.3 is 0 Å². The zero-order valence-electron chi connectivity index (χ0n) is 16.0. The number of benzene rings is 2. The first-order chi connectivity index (χ1) is 12.7. The summed E-state index contributed by atoms with van der Waals surface area (Å²) in [6, 6.07) is 17.4. The number of nitriles is 2. The van der Waals surface area contributed by atoms with Gasteiger partial charge in [0.2, 0.25) is 0 Å². The fourth-order valence-electron chi connectivity index (χ4n) is 3.36. The molecule has 2 heteroatoms. The van der Waals surface area contributed by atoms with Gasteiger partial charge in [-0.2, -0.15) is 10.5 Å². The molecule has 0 saturated carbocycles. The summed E-state index contributed by atoms with van der Waals surface area (Å²) in [7, 11) is 0. The standard InChI is InChI=1S/C24H28N2/c1-3-5-6-8-19-9-11-20(12-10-19)13-14-22-16-15-21(7-4-2)23(17-25)24(22)18-26/h9-12,15-16H,3-8,13-14H2,1-2H3. The van der Waals surface area contributed by atoms with E-state index in [4.69, 9.17) is 0 Å². The van der Waals surface area contributed by atoms with Gasteiger partial charge in [-0.15, -0.1) is 0 Å². The maximum absolute atomic E-state index is 9.56. The Bertz CT molecular complexity index is 789. The maximum atomic E-state index is 9.56. The molecule has 0 aliphatic carbocycles. The predicted octanol–water partition coefficient (Wildman–Crippen LogP) is 5.90. The maximum Gasteiger partial charge on any atom is 0.101 e. The van der Waals surface area contributed by atoms with Crippen LogP contribution in [0.15, 0.2) is 36.4 Å². The number of aryl methyl sites for hydroxylation is 4. The lowest BCUT2D eigenvalue weighted by molar-refractivity contribution is 0.717. The van der Waals surface area contributed by atoms with Crippen molar-refractivity contribution in [3.05, 3.63) is 69.8 Å². The van der Waals surface area contributed by atoms with E-state index in [1.807, 2.05) is 12.1 Å². The molecule has 0 atom stereocenters. The molecular weight excluding hydrogens is 316 g/mol. The van der Waals surface area contributed by atoms with Gasteiger partial charge >= 0.3 is 0 Å². The highest BCUT2D eigenvalue weighted by Gasteiger charge is 2.12. The zero-order valence-corrected chi connectivity index (χ0v) is 16.0. The molecule has 26 heavy (non-hydrogen) atoms. The van der Waals surface area contributed by atoms with Crippen molar-refractivity contribution in [3.8, 4) is 12.1 Å². The molecule has 0 radical (unpaired) electrons. The van der Waals surface area contributed by atoms with Crippen molar-refractivity contribution in [2.75, 3.05) is 0 Å². The molecule has 0 saturated heterocycles. The highest BCUT2D eigenvalue weighted by Crippen LogP contribution is 2.21. The van der Waals surface area contributed by atoms with Crippen molar-refractivity contribution < 1.29 is 0 Å². The number of nitrogens with zero attached hydrogens (tertiary/aromatic N) is 2. The molecule has 2 rings (SSSR count). The second-order valence-electron chi connectivity index (χ2n) is 6.88. The molecule has 0 heterocycles. The van der Waals surface area contributed by atoms with Gasteiger partial charge in [0.25, 0.3) is 0 Å². The summed E-state index contributed by atoms with van der Waals surface area (Å²) < 4.78 is 0. The van der Waals surface area contributed by atoms with Crippen LogP contribution in [0.5, 0.6) is 0 Å². The van der Waals surface area contributed by atoms with Gasteiger partial charge in [-0.1, -0.05) is 69.5 Å². The van der Waals surface area contributed by atoms with E-state index in [9.17, 15) is 10.5 Å². The van der Waals surface area contributed by atoms with Crippen LogP contribution in [0.4, 0.5) is 0 Å². The molecule has 2 nitrogen and oxygen atoms in total. The van der Waals surface area contributed by atoms with Crippen molar-refractivity contribution in [3.63, 3.8) is 0 Å². The van der Waals surface area contributed by atoms with Crippen LogP contribution in [0.2, 0.25) is 0 Å². The van der Waals surface area contributed by atoms with Crippen LogP contribution in [0.1, 0.15) is 72.9 Å². The Morgan fingerprint density at radius 1 is 0.615 bits per heavy atom. The van der Waals surface area contributed by atoms with E-state index < -0.39 is 0 Å². The van der Waals surface area contributed by atoms with E-state index >= 15 is 0 Å². The Balaban J connectivity index is 2.07. The summed E-state index contributed by atoms with van der Waals surface area (Å²) >= 11 is 0. The number of rotatable bonds is 9. The Kier molecular flexibility index (Phi) is 7.91. The quantitative estimate of drug-likeness (QED) is 0.532. The first-order valence-corrected chi connectivity index (χ1v) is 9.76. The lowest BCUT2D eigenvalue weighted by Crippen LogP contribution is -2.01. The zero-order chi connectivity index (χ0) is 18.8. The summed E-state index contributed by atoms with van der Waals surface area (Å²) in [5.74, 6) is 0. The van der Waals surface area contributed by atoms with Crippen molar-refractivity contribution in [2.45, 2.75) is 65.2 Å². The third-order valence-electron chi connectivity index (χ3n) is 4.90. The van der Waals surface area contributed by atoms with Crippen molar-refractivity contribution >= 4 is 0 Å². The van der Waals surface area contributed by atoms with E-state index in [2.05, 4.69) is 50.3 Å². The number of hydrogen-bond acceptors (Lipinski definition) is 2. The number of hydrogen-bond donors (Lipinski definition) is 0. The van der Waals surface area contributed by atoms with E-state index in [0.29, 0.717) is 11.1 Å². The second-order valence-corrected chi connectivity index (χ2v) is 6.88. The van der Waals surface area contributed by atoms with E-state index in [-0.39, 0.29) is 0 Å². The van der Waals surface area contributed by atoms with Crippen LogP contribution in [-0.4, -0.2) is 0 Å². The van der Waals surface area contributed by atoms with Gasteiger partial charge in [-0.05, 0) is 54.4 Å². The van der Waals surface area contributed by atoms with Crippen molar-refractivity contribution in [1.82, 2.24) is 0 Å². The Labute approximate surface area is 158 Å². The van der Waals surface area contributed by atoms with E-state index in [1.54, 1.807) is 0 Å².